The Balaban J connectivity index is 2.28. The molecule has 1 amide bonds. The monoisotopic (exact) mass is 341 g/mol. The van der Waals surface area contributed by atoms with E-state index in [1.807, 2.05) is 4.90 Å². The van der Waals surface area contributed by atoms with Crippen LogP contribution < -0.4 is 4.74 Å². The summed E-state index contributed by atoms with van der Waals surface area (Å²) < 4.78 is 5.13. The van der Waals surface area contributed by atoms with E-state index in [4.69, 9.17) is 4.74 Å². The minimum absolute atomic E-state index is 0.00775. The number of nitrogens with zero attached hydrogens (tertiary/aromatic N) is 1. The zero-order valence-electron chi connectivity index (χ0n) is 11.6. The second-order valence-corrected chi connectivity index (χ2v) is 5.69. The number of hydrogen-bond acceptors (Lipinski definition) is 3. The van der Waals surface area contributed by atoms with Crippen LogP contribution >= 0.6 is 15.9 Å². The van der Waals surface area contributed by atoms with E-state index in [1.54, 1.807) is 19.2 Å². The summed E-state index contributed by atoms with van der Waals surface area (Å²) in [6.45, 7) is 0.742. The summed E-state index contributed by atoms with van der Waals surface area (Å²) in [6, 6.07) is 4.95. The van der Waals surface area contributed by atoms with Crippen molar-refractivity contribution in [3.8, 4) is 11.5 Å². The minimum atomic E-state index is -0.118. The Bertz CT molecular complexity index is 478. The standard InChI is InChI=1S/C15H20BrNO3/c1-20-12-6-7-14(18)13(9-12)15(19)17-8-4-2-3-5-11(17)10-16/h6-7,9,11,18H,2-5,8,10H2,1H3. The number of methoxy groups -OCH3 is 1. The maximum absolute atomic E-state index is 12.7. The summed E-state index contributed by atoms with van der Waals surface area (Å²) in [7, 11) is 1.55. The molecule has 0 bridgehead atoms. The average molecular weight is 342 g/mol. The van der Waals surface area contributed by atoms with Crippen molar-refractivity contribution in [1.29, 1.82) is 0 Å². The van der Waals surface area contributed by atoms with Gasteiger partial charge in [-0.05, 0) is 31.0 Å². The molecular formula is C15H20BrNO3. The number of carbonyl (C=O) groups is 1. The van der Waals surface area contributed by atoms with Crippen LogP contribution in [0.3, 0.4) is 0 Å². The van der Waals surface area contributed by atoms with Crippen LogP contribution in [-0.2, 0) is 0 Å². The highest BCUT2D eigenvalue weighted by Crippen LogP contribution is 2.27. The molecular weight excluding hydrogens is 322 g/mol. The molecule has 0 radical (unpaired) electrons. The van der Waals surface area contributed by atoms with Crippen molar-refractivity contribution in [2.75, 3.05) is 19.0 Å². The highest BCUT2D eigenvalue weighted by molar-refractivity contribution is 9.09. The second-order valence-electron chi connectivity index (χ2n) is 5.04. The normalized spacial score (nSPS) is 19.5. The molecule has 20 heavy (non-hydrogen) atoms. The van der Waals surface area contributed by atoms with E-state index in [0.717, 1.165) is 37.6 Å². The van der Waals surface area contributed by atoms with Crippen molar-refractivity contribution < 1.29 is 14.6 Å². The van der Waals surface area contributed by atoms with Gasteiger partial charge in [0, 0.05) is 17.9 Å². The molecule has 1 aliphatic heterocycles. The Morgan fingerprint density at radius 2 is 2.25 bits per heavy atom. The Morgan fingerprint density at radius 3 is 2.95 bits per heavy atom. The van der Waals surface area contributed by atoms with Crippen molar-refractivity contribution in [2.45, 2.75) is 31.7 Å². The molecule has 0 aliphatic carbocycles. The largest absolute Gasteiger partial charge is 0.507 e. The average Bonchev–Trinajstić information content (AvgIpc) is 2.72. The fraction of sp³-hybridized carbons (Fsp3) is 0.533. The number of ether oxygens (including phenoxy) is 1. The van der Waals surface area contributed by atoms with Crippen molar-refractivity contribution in [2.24, 2.45) is 0 Å². The summed E-state index contributed by atoms with van der Waals surface area (Å²) in [5, 5.41) is 10.7. The van der Waals surface area contributed by atoms with Crippen LogP contribution in [0.15, 0.2) is 18.2 Å². The molecule has 1 aromatic carbocycles. The van der Waals surface area contributed by atoms with Gasteiger partial charge in [-0.25, -0.2) is 0 Å². The lowest BCUT2D eigenvalue weighted by atomic mass is 10.1. The van der Waals surface area contributed by atoms with Gasteiger partial charge in [0.05, 0.1) is 12.7 Å². The van der Waals surface area contributed by atoms with Crippen molar-refractivity contribution >= 4 is 21.8 Å². The first kappa shape index (κ1) is 15.2. The number of amides is 1. The van der Waals surface area contributed by atoms with E-state index in [0.29, 0.717) is 11.3 Å². The SMILES string of the molecule is COc1ccc(O)c(C(=O)N2CCCCCC2CBr)c1. The summed E-state index contributed by atoms with van der Waals surface area (Å²) >= 11 is 3.49. The number of likely N-dealkylation sites (tertiary alicyclic amines) is 1. The molecule has 0 aromatic heterocycles. The van der Waals surface area contributed by atoms with Gasteiger partial charge in [0.1, 0.15) is 11.5 Å². The topological polar surface area (TPSA) is 49.8 Å². The van der Waals surface area contributed by atoms with E-state index in [2.05, 4.69) is 15.9 Å². The molecule has 110 valence electrons. The third-order valence-corrected chi connectivity index (χ3v) is 4.50. The molecule has 1 atom stereocenters. The lowest BCUT2D eigenvalue weighted by Gasteiger charge is -2.29. The van der Waals surface area contributed by atoms with Gasteiger partial charge in [-0.1, -0.05) is 28.8 Å². The third-order valence-electron chi connectivity index (χ3n) is 3.75. The molecule has 1 N–H and O–H groups in total. The van der Waals surface area contributed by atoms with Crippen molar-refractivity contribution in [3.63, 3.8) is 0 Å². The van der Waals surface area contributed by atoms with Crippen LogP contribution in [0.5, 0.6) is 11.5 Å². The van der Waals surface area contributed by atoms with E-state index < -0.39 is 0 Å². The number of phenolic OH excluding ortho intramolecular Hbond substituents is 1. The van der Waals surface area contributed by atoms with E-state index >= 15 is 0 Å². The first-order valence-corrected chi connectivity index (χ1v) is 8.03. The maximum atomic E-state index is 12.7. The highest BCUT2D eigenvalue weighted by Gasteiger charge is 2.27. The van der Waals surface area contributed by atoms with E-state index in [1.165, 1.54) is 6.07 Å². The molecule has 1 fully saturated rings. The first-order valence-electron chi connectivity index (χ1n) is 6.91. The Kier molecular flexibility index (Phi) is 5.29. The summed E-state index contributed by atoms with van der Waals surface area (Å²) in [5.74, 6) is 0.470. The van der Waals surface area contributed by atoms with E-state index in [-0.39, 0.29) is 17.7 Å². The molecule has 0 spiro atoms. The fourth-order valence-electron chi connectivity index (χ4n) is 2.57. The highest BCUT2D eigenvalue weighted by atomic mass is 79.9. The lowest BCUT2D eigenvalue weighted by molar-refractivity contribution is 0.0699. The molecule has 1 aromatic rings. The number of hydrogen-bond donors (Lipinski definition) is 1. The van der Waals surface area contributed by atoms with Crippen molar-refractivity contribution in [1.82, 2.24) is 4.90 Å². The van der Waals surface area contributed by atoms with Gasteiger partial charge in [-0.3, -0.25) is 4.79 Å². The fourth-order valence-corrected chi connectivity index (χ4v) is 3.25. The van der Waals surface area contributed by atoms with Crippen LogP contribution in [0.2, 0.25) is 0 Å². The number of rotatable bonds is 3. The third kappa shape index (κ3) is 3.26. The molecule has 2 rings (SSSR count). The molecule has 0 saturated carbocycles. The van der Waals surface area contributed by atoms with Crippen LogP contribution in [-0.4, -0.2) is 40.9 Å². The lowest BCUT2D eigenvalue weighted by Crippen LogP contribution is -2.41. The molecule has 5 heteroatoms. The zero-order chi connectivity index (χ0) is 14.5. The number of phenols is 1. The van der Waals surface area contributed by atoms with Crippen LogP contribution in [0.4, 0.5) is 0 Å². The summed E-state index contributed by atoms with van der Waals surface area (Å²) in [4.78, 5) is 14.6. The van der Waals surface area contributed by atoms with E-state index in [9.17, 15) is 9.90 Å². The van der Waals surface area contributed by atoms with Gasteiger partial charge >= 0.3 is 0 Å². The Labute approximate surface area is 127 Å². The number of halogens is 1. The Morgan fingerprint density at radius 1 is 1.45 bits per heavy atom. The molecule has 1 unspecified atom stereocenters. The smallest absolute Gasteiger partial charge is 0.258 e. The first-order chi connectivity index (χ1) is 9.67. The second kappa shape index (κ2) is 6.97. The van der Waals surface area contributed by atoms with Crippen LogP contribution in [0.1, 0.15) is 36.0 Å². The number of benzene rings is 1. The quantitative estimate of drug-likeness (QED) is 0.859. The Hall–Kier alpha value is -1.23. The molecule has 1 aliphatic rings. The molecule has 1 heterocycles. The zero-order valence-corrected chi connectivity index (χ0v) is 13.2. The number of aromatic hydroxyl groups is 1. The maximum Gasteiger partial charge on any atom is 0.258 e. The predicted molar refractivity (Wildman–Crippen MR) is 81.7 cm³/mol. The van der Waals surface area contributed by atoms with Crippen molar-refractivity contribution in [3.05, 3.63) is 23.8 Å². The minimum Gasteiger partial charge on any atom is -0.507 e. The summed E-state index contributed by atoms with van der Waals surface area (Å²) in [6.07, 6.45) is 4.31. The number of alkyl halides is 1. The van der Waals surface area contributed by atoms with Gasteiger partial charge in [-0.2, -0.15) is 0 Å². The van der Waals surface area contributed by atoms with Gasteiger partial charge < -0.3 is 14.7 Å². The molecule has 4 nitrogen and oxygen atoms in total. The van der Waals surface area contributed by atoms with Gasteiger partial charge in [-0.15, -0.1) is 0 Å². The van der Waals surface area contributed by atoms with Crippen LogP contribution in [0.25, 0.3) is 0 Å². The number of carbonyl (C=O) groups excluding carboxylic acids is 1. The van der Waals surface area contributed by atoms with Gasteiger partial charge in [0.25, 0.3) is 5.91 Å². The van der Waals surface area contributed by atoms with Gasteiger partial charge in [0.15, 0.2) is 0 Å². The molecule has 1 saturated heterocycles. The van der Waals surface area contributed by atoms with Gasteiger partial charge in [0.2, 0.25) is 0 Å². The van der Waals surface area contributed by atoms with Crippen LogP contribution in [0, 0.1) is 0 Å². The summed E-state index contributed by atoms with van der Waals surface area (Å²) in [5.41, 5.74) is 0.317. The predicted octanol–water partition coefficient (Wildman–Crippen LogP) is 3.18.